The predicted octanol–water partition coefficient (Wildman–Crippen LogP) is 5.56. The van der Waals surface area contributed by atoms with E-state index in [2.05, 4.69) is 31.3 Å². The van der Waals surface area contributed by atoms with Gasteiger partial charge in [0.05, 0.1) is 39.9 Å². The maximum Gasteiger partial charge on any atom is 0.161 e. The number of nitrogens with one attached hydrogen (secondary N) is 1. The van der Waals surface area contributed by atoms with Crippen LogP contribution < -0.4 is 24.3 Å². The molecule has 0 saturated carbocycles. The third kappa shape index (κ3) is 7.19. The number of rotatable bonds is 14. The normalized spacial score (nSPS) is 12.3. The van der Waals surface area contributed by atoms with Gasteiger partial charge in [0.2, 0.25) is 0 Å². The highest BCUT2D eigenvalue weighted by molar-refractivity contribution is 5.85. The second-order valence-electron chi connectivity index (χ2n) is 8.45. The standard InChI is InChI=1S/C27H38N2O4.ClH/c1-20(2)27(19-28,22-11-13-24(31-4)26(18-22)33-6)14-8-16-29-15-7-9-21-10-12-23(30-3)25(17-21)32-5;/h10-13,17-18,20,29H,7-9,14-16H2,1-6H3;1H. The van der Waals surface area contributed by atoms with Crippen LogP contribution in [0.15, 0.2) is 36.4 Å². The Morgan fingerprint density at radius 2 is 1.38 bits per heavy atom. The summed E-state index contributed by atoms with van der Waals surface area (Å²) in [6.45, 7) is 6.01. The summed E-state index contributed by atoms with van der Waals surface area (Å²) in [5.41, 5.74) is 1.64. The van der Waals surface area contributed by atoms with Crippen molar-refractivity contribution in [2.75, 3.05) is 41.5 Å². The molecule has 0 aromatic heterocycles. The first-order valence-corrected chi connectivity index (χ1v) is 11.5. The maximum atomic E-state index is 10.2. The van der Waals surface area contributed by atoms with E-state index in [1.807, 2.05) is 30.3 Å². The predicted molar refractivity (Wildman–Crippen MR) is 139 cm³/mol. The molecule has 7 heteroatoms. The Morgan fingerprint density at radius 3 is 1.94 bits per heavy atom. The highest BCUT2D eigenvalue weighted by Gasteiger charge is 2.36. The molecule has 1 unspecified atom stereocenters. The SMILES string of the molecule is COc1ccc(CCCNCCCC(C#N)(c2ccc(OC)c(OC)c2)C(C)C)cc1OC.Cl. The van der Waals surface area contributed by atoms with E-state index in [4.69, 9.17) is 18.9 Å². The molecule has 1 atom stereocenters. The van der Waals surface area contributed by atoms with Gasteiger partial charge in [-0.2, -0.15) is 5.26 Å². The topological polar surface area (TPSA) is 72.7 Å². The molecule has 2 aromatic carbocycles. The summed E-state index contributed by atoms with van der Waals surface area (Å²) in [5.74, 6) is 3.02. The van der Waals surface area contributed by atoms with Crippen LogP contribution in [0.25, 0.3) is 0 Å². The Labute approximate surface area is 211 Å². The van der Waals surface area contributed by atoms with E-state index in [9.17, 15) is 5.26 Å². The minimum atomic E-state index is -0.569. The molecule has 0 saturated heterocycles. The monoisotopic (exact) mass is 490 g/mol. The Hall–Kier alpha value is -2.62. The molecule has 0 aliphatic carbocycles. The van der Waals surface area contributed by atoms with Gasteiger partial charge in [0.15, 0.2) is 23.0 Å². The summed E-state index contributed by atoms with van der Waals surface area (Å²) in [7, 11) is 6.54. The zero-order valence-corrected chi connectivity index (χ0v) is 22.1. The van der Waals surface area contributed by atoms with E-state index in [-0.39, 0.29) is 18.3 Å². The molecule has 1 N–H and O–H groups in total. The lowest BCUT2D eigenvalue weighted by atomic mass is 9.70. The van der Waals surface area contributed by atoms with E-state index in [1.54, 1.807) is 28.4 Å². The molecule has 6 nitrogen and oxygen atoms in total. The fourth-order valence-electron chi connectivity index (χ4n) is 4.20. The van der Waals surface area contributed by atoms with Gasteiger partial charge in [0, 0.05) is 0 Å². The molecule has 0 aliphatic heterocycles. The zero-order chi connectivity index (χ0) is 24.3. The van der Waals surface area contributed by atoms with Crippen LogP contribution >= 0.6 is 12.4 Å². The minimum absolute atomic E-state index is 0. The molecule has 0 fully saturated rings. The fraction of sp³-hybridized carbons (Fsp3) is 0.519. The van der Waals surface area contributed by atoms with E-state index in [1.165, 1.54) is 5.56 Å². The van der Waals surface area contributed by atoms with Gasteiger partial charge in [-0.05, 0) is 80.1 Å². The van der Waals surface area contributed by atoms with Crippen LogP contribution in [0.1, 0.15) is 44.2 Å². The Morgan fingerprint density at radius 1 is 0.824 bits per heavy atom. The smallest absolute Gasteiger partial charge is 0.161 e. The molecular weight excluding hydrogens is 452 g/mol. The van der Waals surface area contributed by atoms with Crippen molar-refractivity contribution in [3.05, 3.63) is 47.5 Å². The summed E-state index contributed by atoms with van der Waals surface area (Å²) in [5, 5.41) is 13.7. The second kappa shape index (κ2) is 14.6. The lowest BCUT2D eigenvalue weighted by Gasteiger charge is -2.32. The number of ether oxygens (including phenoxy) is 4. The van der Waals surface area contributed by atoms with Crippen LogP contribution in [-0.4, -0.2) is 41.5 Å². The summed E-state index contributed by atoms with van der Waals surface area (Å²) in [6, 6.07) is 14.5. The molecule has 0 amide bonds. The molecule has 0 spiro atoms. The van der Waals surface area contributed by atoms with Gasteiger partial charge in [-0.25, -0.2) is 0 Å². The van der Waals surface area contributed by atoms with Gasteiger partial charge < -0.3 is 24.3 Å². The van der Waals surface area contributed by atoms with Gasteiger partial charge in [0.1, 0.15) is 0 Å². The van der Waals surface area contributed by atoms with Gasteiger partial charge in [-0.1, -0.05) is 26.0 Å². The lowest BCUT2D eigenvalue weighted by Crippen LogP contribution is -2.32. The van der Waals surface area contributed by atoms with E-state index >= 15 is 0 Å². The molecule has 0 bridgehead atoms. The van der Waals surface area contributed by atoms with Crippen LogP contribution in [0.3, 0.4) is 0 Å². The Balaban J connectivity index is 0.00000578. The second-order valence-corrected chi connectivity index (χ2v) is 8.45. The molecule has 0 radical (unpaired) electrons. The first-order valence-electron chi connectivity index (χ1n) is 11.5. The van der Waals surface area contributed by atoms with Crippen LogP contribution in [0, 0.1) is 17.2 Å². The number of hydrogen-bond donors (Lipinski definition) is 1. The van der Waals surface area contributed by atoms with Crippen molar-refractivity contribution in [3.8, 4) is 29.1 Å². The van der Waals surface area contributed by atoms with Crippen molar-refractivity contribution in [3.63, 3.8) is 0 Å². The average Bonchev–Trinajstić information content (AvgIpc) is 2.85. The largest absolute Gasteiger partial charge is 0.493 e. The summed E-state index contributed by atoms with van der Waals surface area (Å²) in [4.78, 5) is 0. The van der Waals surface area contributed by atoms with Gasteiger partial charge in [-0.3, -0.25) is 0 Å². The molecule has 34 heavy (non-hydrogen) atoms. The number of aryl methyl sites for hydroxylation is 1. The highest BCUT2D eigenvalue weighted by Crippen LogP contribution is 2.40. The molecule has 2 aromatic rings. The van der Waals surface area contributed by atoms with Crippen molar-refractivity contribution < 1.29 is 18.9 Å². The fourth-order valence-corrected chi connectivity index (χ4v) is 4.20. The summed E-state index contributed by atoms with van der Waals surface area (Å²) < 4.78 is 21.5. The Kier molecular flexibility index (Phi) is 12.6. The molecule has 188 valence electrons. The van der Waals surface area contributed by atoms with Crippen LogP contribution in [-0.2, 0) is 11.8 Å². The van der Waals surface area contributed by atoms with Crippen molar-refractivity contribution in [1.29, 1.82) is 5.26 Å². The van der Waals surface area contributed by atoms with Crippen molar-refractivity contribution in [1.82, 2.24) is 5.32 Å². The van der Waals surface area contributed by atoms with Crippen molar-refractivity contribution in [2.24, 2.45) is 5.92 Å². The minimum Gasteiger partial charge on any atom is -0.493 e. The van der Waals surface area contributed by atoms with Crippen molar-refractivity contribution >= 4 is 12.4 Å². The molecule has 0 aliphatic rings. The van der Waals surface area contributed by atoms with Gasteiger partial charge in [0.25, 0.3) is 0 Å². The number of methoxy groups -OCH3 is 4. The van der Waals surface area contributed by atoms with Gasteiger partial charge >= 0.3 is 0 Å². The number of nitrogens with zero attached hydrogens (tertiary/aromatic N) is 1. The van der Waals surface area contributed by atoms with Gasteiger partial charge in [-0.15, -0.1) is 12.4 Å². The van der Waals surface area contributed by atoms with Crippen LogP contribution in [0.4, 0.5) is 0 Å². The first kappa shape index (κ1) is 29.4. The summed E-state index contributed by atoms with van der Waals surface area (Å²) >= 11 is 0. The average molecular weight is 491 g/mol. The van der Waals surface area contributed by atoms with Crippen LogP contribution in [0.2, 0.25) is 0 Å². The lowest BCUT2D eigenvalue weighted by molar-refractivity contribution is 0.341. The number of nitriles is 1. The third-order valence-electron chi connectivity index (χ3n) is 6.28. The highest BCUT2D eigenvalue weighted by atomic mass is 35.5. The first-order chi connectivity index (χ1) is 15.9. The molecule has 2 rings (SSSR count). The summed E-state index contributed by atoms with van der Waals surface area (Å²) in [6.07, 6.45) is 3.68. The van der Waals surface area contributed by atoms with E-state index in [0.29, 0.717) is 11.5 Å². The zero-order valence-electron chi connectivity index (χ0n) is 21.3. The maximum absolute atomic E-state index is 10.2. The third-order valence-corrected chi connectivity index (χ3v) is 6.28. The quantitative estimate of drug-likeness (QED) is 0.349. The molecular formula is C27H39ClN2O4. The van der Waals surface area contributed by atoms with E-state index < -0.39 is 5.41 Å². The number of benzene rings is 2. The Bertz CT molecular complexity index is 929. The number of hydrogen-bond acceptors (Lipinski definition) is 6. The van der Waals surface area contributed by atoms with Crippen LogP contribution in [0.5, 0.6) is 23.0 Å². The van der Waals surface area contributed by atoms with Crippen molar-refractivity contribution in [2.45, 2.75) is 44.9 Å². The van der Waals surface area contributed by atoms with E-state index in [0.717, 1.165) is 55.8 Å². The number of halogens is 1. The molecule has 0 heterocycles.